The summed E-state index contributed by atoms with van der Waals surface area (Å²) in [4.78, 5) is 37.2. The number of nitrogens with zero attached hydrogens (tertiary/aromatic N) is 3. The number of esters is 1. The first-order chi connectivity index (χ1) is 18.1. The van der Waals surface area contributed by atoms with Crippen molar-refractivity contribution in [2.75, 3.05) is 17.7 Å². The summed E-state index contributed by atoms with van der Waals surface area (Å²) in [5.41, 5.74) is 5.88. The fraction of sp³-hybridized carbons (Fsp3) is 0.292. The molecule has 1 unspecified atom stereocenters. The Morgan fingerprint density at radius 1 is 1.32 bits per heavy atom. The van der Waals surface area contributed by atoms with Crippen molar-refractivity contribution in [1.29, 1.82) is 0 Å². The number of ether oxygens (including phenoxy) is 2. The highest BCUT2D eigenvalue weighted by Gasteiger charge is 2.26. The first kappa shape index (κ1) is 29.5. The van der Waals surface area contributed by atoms with Crippen LogP contribution in [0.25, 0.3) is 0 Å². The Labute approximate surface area is 237 Å². The topological polar surface area (TPSA) is 138 Å². The molecule has 0 saturated carbocycles. The lowest BCUT2D eigenvalue weighted by Crippen LogP contribution is -2.17. The number of allylic oxidation sites excluding steroid dienone is 1. The van der Waals surface area contributed by atoms with E-state index < -0.39 is 23.9 Å². The van der Waals surface area contributed by atoms with Crippen LogP contribution in [0, 0.1) is 6.92 Å². The van der Waals surface area contributed by atoms with E-state index in [0.717, 1.165) is 23.1 Å². The van der Waals surface area contributed by atoms with Crippen LogP contribution in [0.1, 0.15) is 51.4 Å². The largest absolute Gasteiger partial charge is 0.481 e. The molecular formula is C24H25Cl2N5O5S2. The normalized spacial score (nSPS) is 11.6. The van der Waals surface area contributed by atoms with Crippen LogP contribution in [-0.2, 0) is 16.1 Å². The number of hydrogen-bond donors (Lipinski definition) is 2. The third-order valence-corrected chi connectivity index (χ3v) is 7.79. The van der Waals surface area contributed by atoms with Crippen molar-refractivity contribution in [2.45, 2.75) is 38.6 Å². The Hall–Kier alpha value is -3.06. The summed E-state index contributed by atoms with van der Waals surface area (Å²) in [6, 6.07) is 4.90. The molecule has 38 heavy (non-hydrogen) atoms. The van der Waals surface area contributed by atoms with Crippen molar-refractivity contribution in [3.8, 4) is 5.75 Å². The van der Waals surface area contributed by atoms with Crippen LogP contribution in [0.15, 0.2) is 36.0 Å². The number of hydrogen-bond acceptors (Lipinski definition) is 9. The van der Waals surface area contributed by atoms with Gasteiger partial charge in [-0.05, 0) is 38.5 Å². The van der Waals surface area contributed by atoms with Gasteiger partial charge in [-0.3, -0.25) is 14.2 Å². The van der Waals surface area contributed by atoms with Gasteiger partial charge < -0.3 is 20.5 Å². The van der Waals surface area contributed by atoms with E-state index in [1.54, 1.807) is 49.6 Å². The van der Waals surface area contributed by atoms with Crippen molar-refractivity contribution in [2.24, 2.45) is 5.73 Å². The highest BCUT2D eigenvalue weighted by Crippen LogP contribution is 2.34. The van der Waals surface area contributed by atoms with Gasteiger partial charge in [-0.25, -0.2) is 4.79 Å². The van der Waals surface area contributed by atoms with Gasteiger partial charge in [0.05, 0.1) is 27.8 Å². The van der Waals surface area contributed by atoms with E-state index in [-0.39, 0.29) is 27.8 Å². The number of anilines is 1. The van der Waals surface area contributed by atoms with Crippen molar-refractivity contribution in [1.82, 2.24) is 14.8 Å². The maximum atomic E-state index is 12.8. The number of thioether (sulfide) groups is 1. The minimum absolute atomic E-state index is 0.0598. The van der Waals surface area contributed by atoms with Gasteiger partial charge in [0.2, 0.25) is 5.91 Å². The summed E-state index contributed by atoms with van der Waals surface area (Å²) in [6.07, 6.45) is 1.12. The van der Waals surface area contributed by atoms with Crippen LogP contribution in [-0.4, -0.2) is 44.9 Å². The SMILES string of the molecule is C=CCn1c(SCC(=O)Nc2sc(C(N)=O)c(C)c2C(=O)OCC)nnc1C(C)Oc1cc(Cl)ccc1Cl. The molecule has 202 valence electrons. The molecule has 0 aliphatic rings. The lowest BCUT2D eigenvalue weighted by molar-refractivity contribution is -0.113. The summed E-state index contributed by atoms with van der Waals surface area (Å²) in [6.45, 7) is 9.30. The molecular weight excluding hydrogens is 573 g/mol. The fourth-order valence-corrected chi connectivity index (χ4v) is 5.54. The Morgan fingerprint density at radius 3 is 2.71 bits per heavy atom. The van der Waals surface area contributed by atoms with Crippen molar-refractivity contribution >= 4 is 69.1 Å². The Morgan fingerprint density at radius 2 is 2.05 bits per heavy atom. The average molecular weight is 599 g/mol. The highest BCUT2D eigenvalue weighted by atomic mass is 35.5. The number of thiophene rings is 1. The summed E-state index contributed by atoms with van der Waals surface area (Å²) >= 11 is 14.3. The number of aromatic nitrogens is 3. The molecule has 3 rings (SSSR count). The lowest BCUT2D eigenvalue weighted by Gasteiger charge is -2.16. The summed E-state index contributed by atoms with van der Waals surface area (Å²) in [5.74, 6) is -0.951. The van der Waals surface area contributed by atoms with E-state index in [1.807, 2.05) is 0 Å². The van der Waals surface area contributed by atoms with Crippen LogP contribution in [0.5, 0.6) is 5.75 Å². The second-order valence-electron chi connectivity index (χ2n) is 7.76. The van der Waals surface area contributed by atoms with Gasteiger partial charge in [0.15, 0.2) is 17.1 Å². The summed E-state index contributed by atoms with van der Waals surface area (Å²) in [7, 11) is 0. The summed E-state index contributed by atoms with van der Waals surface area (Å²) < 4.78 is 12.8. The first-order valence-corrected chi connectivity index (χ1v) is 13.8. The van der Waals surface area contributed by atoms with Crippen LogP contribution in [0.3, 0.4) is 0 Å². The van der Waals surface area contributed by atoms with Gasteiger partial charge in [-0.1, -0.05) is 41.0 Å². The Kier molecular flexibility index (Phi) is 10.2. The molecule has 2 amide bonds. The van der Waals surface area contributed by atoms with Gasteiger partial charge >= 0.3 is 5.97 Å². The number of rotatable bonds is 12. The van der Waals surface area contributed by atoms with E-state index in [2.05, 4.69) is 22.1 Å². The molecule has 0 bridgehead atoms. The third kappa shape index (κ3) is 6.87. The minimum atomic E-state index is -0.701. The molecule has 0 aliphatic carbocycles. The van der Waals surface area contributed by atoms with Crippen LogP contribution in [0.2, 0.25) is 10.0 Å². The lowest BCUT2D eigenvalue weighted by atomic mass is 10.1. The van der Waals surface area contributed by atoms with Crippen LogP contribution in [0.4, 0.5) is 5.00 Å². The predicted octanol–water partition coefficient (Wildman–Crippen LogP) is 5.29. The van der Waals surface area contributed by atoms with E-state index in [9.17, 15) is 14.4 Å². The minimum Gasteiger partial charge on any atom is -0.481 e. The molecule has 14 heteroatoms. The molecule has 1 atom stereocenters. The molecule has 0 aliphatic heterocycles. The Balaban J connectivity index is 1.76. The number of halogens is 2. The molecule has 10 nitrogen and oxygen atoms in total. The molecule has 0 radical (unpaired) electrons. The number of amides is 2. The average Bonchev–Trinajstić information content (AvgIpc) is 3.41. The van der Waals surface area contributed by atoms with Gasteiger partial charge in [0.1, 0.15) is 10.8 Å². The second-order valence-corrected chi connectivity index (χ2v) is 10.6. The molecule has 1 aromatic carbocycles. The van der Waals surface area contributed by atoms with Crippen LogP contribution >= 0.6 is 46.3 Å². The van der Waals surface area contributed by atoms with Crippen molar-refractivity contribution in [3.63, 3.8) is 0 Å². The van der Waals surface area contributed by atoms with Crippen molar-refractivity contribution in [3.05, 3.63) is 62.7 Å². The maximum absolute atomic E-state index is 12.8. The second kappa shape index (κ2) is 13.1. The number of benzene rings is 1. The molecule has 0 spiro atoms. The zero-order valence-corrected chi connectivity index (χ0v) is 23.9. The molecule has 0 saturated heterocycles. The smallest absolute Gasteiger partial charge is 0.341 e. The van der Waals surface area contributed by atoms with E-state index in [0.29, 0.717) is 38.9 Å². The first-order valence-electron chi connectivity index (χ1n) is 11.3. The highest BCUT2D eigenvalue weighted by molar-refractivity contribution is 7.99. The van der Waals surface area contributed by atoms with Gasteiger partial charge in [0.25, 0.3) is 5.91 Å². The predicted molar refractivity (Wildman–Crippen MR) is 149 cm³/mol. The number of nitrogens with two attached hydrogens (primary N) is 1. The summed E-state index contributed by atoms with van der Waals surface area (Å²) in [5, 5.41) is 12.6. The molecule has 2 aromatic heterocycles. The molecule has 0 fully saturated rings. The van der Waals surface area contributed by atoms with E-state index >= 15 is 0 Å². The Bertz CT molecular complexity index is 1370. The third-order valence-electron chi connectivity index (χ3n) is 5.05. The maximum Gasteiger partial charge on any atom is 0.341 e. The van der Waals surface area contributed by atoms with Gasteiger partial charge in [-0.2, -0.15) is 0 Å². The standard InChI is InChI=1S/C24H25Cl2N5O5S2/c1-5-9-31-21(13(4)36-16-10-14(25)7-8-15(16)26)29-30-24(31)37-11-17(32)28-22-18(23(34)35-6-2)12(3)19(38-22)20(27)33/h5,7-8,10,13H,1,6,9,11H2,2-4H3,(H2,27,33)(H,28,32). The van der Waals surface area contributed by atoms with Crippen LogP contribution < -0.4 is 15.8 Å². The van der Waals surface area contributed by atoms with E-state index in [1.165, 1.54) is 0 Å². The fourth-order valence-electron chi connectivity index (χ4n) is 3.40. The van der Waals surface area contributed by atoms with Gasteiger partial charge in [-0.15, -0.1) is 28.1 Å². The number of carbonyl (C=O) groups is 3. The zero-order valence-electron chi connectivity index (χ0n) is 20.7. The van der Waals surface area contributed by atoms with Crippen molar-refractivity contribution < 1.29 is 23.9 Å². The monoisotopic (exact) mass is 597 g/mol. The molecule has 3 N–H and O–H groups in total. The molecule has 3 aromatic rings. The van der Waals surface area contributed by atoms with E-state index in [4.69, 9.17) is 38.4 Å². The van der Waals surface area contributed by atoms with Gasteiger partial charge in [0, 0.05) is 17.6 Å². The zero-order chi connectivity index (χ0) is 28.0. The quantitative estimate of drug-likeness (QED) is 0.163. The number of nitrogens with one attached hydrogen (secondary N) is 1. The number of primary amides is 1. The number of carbonyl (C=O) groups excluding carboxylic acids is 3. The molecule has 2 heterocycles.